The van der Waals surface area contributed by atoms with Gasteiger partial charge in [0.15, 0.2) is 0 Å². The number of carbonyl (C=O) groups excluding carboxylic acids is 4. The van der Waals surface area contributed by atoms with E-state index in [-0.39, 0.29) is 75.8 Å². The average Bonchev–Trinajstić information content (AvgIpc) is 3.79. The minimum atomic E-state index is -3.18. The van der Waals surface area contributed by atoms with E-state index < -0.39 is 61.2 Å². The summed E-state index contributed by atoms with van der Waals surface area (Å²) in [6.45, 7) is 1.25. The quantitative estimate of drug-likeness (QED) is 0.197. The number of aliphatic carboxylic acids is 3. The first-order valence-corrected chi connectivity index (χ1v) is 21.7. The molecule has 2 aromatic rings. The van der Waals surface area contributed by atoms with Crippen LogP contribution in [0.2, 0.25) is 0 Å². The predicted molar refractivity (Wildman–Crippen MR) is 231 cm³/mol. The number of halogens is 2. The van der Waals surface area contributed by atoms with E-state index in [1.807, 2.05) is 15.9 Å². The van der Waals surface area contributed by atoms with Crippen LogP contribution < -0.4 is 5.32 Å². The number of hydrogen-bond acceptors (Lipinski definition) is 13. The van der Waals surface area contributed by atoms with E-state index in [9.17, 15) is 62.9 Å². The molecule has 0 unspecified atom stereocenters. The van der Waals surface area contributed by atoms with Gasteiger partial charge in [0.1, 0.15) is 6.04 Å². The fourth-order valence-corrected chi connectivity index (χ4v) is 8.74. The molecule has 20 nitrogen and oxygen atoms in total. The van der Waals surface area contributed by atoms with Crippen molar-refractivity contribution < 1.29 is 57.7 Å². The van der Waals surface area contributed by atoms with E-state index in [0.717, 1.165) is 16.0 Å². The Bertz CT molecular complexity index is 2200. The maximum Gasteiger partial charge on any atom is 0.317 e. The fourth-order valence-electron chi connectivity index (χ4n) is 8.74. The van der Waals surface area contributed by atoms with Gasteiger partial charge in [0.2, 0.25) is 11.8 Å². The highest BCUT2D eigenvalue weighted by molar-refractivity contribution is 6.01. The Balaban J connectivity index is 1.02. The molecule has 1 aromatic carbocycles. The predicted octanol–water partition coefficient (Wildman–Crippen LogP) is 0.164. The van der Waals surface area contributed by atoms with E-state index in [1.54, 1.807) is 50.0 Å². The lowest BCUT2D eigenvalue weighted by Crippen LogP contribution is -2.52. The van der Waals surface area contributed by atoms with Gasteiger partial charge >= 0.3 is 17.9 Å². The number of piperidine rings is 1. The Morgan fingerprint density at radius 1 is 0.788 bits per heavy atom. The van der Waals surface area contributed by atoms with Crippen molar-refractivity contribution in [2.45, 2.75) is 43.8 Å². The van der Waals surface area contributed by atoms with Crippen molar-refractivity contribution in [3.63, 3.8) is 0 Å². The van der Waals surface area contributed by atoms with Gasteiger partial charge in [-0.3, -0.25) is 58.1 Å². The van der Waals surface area contributed by atoms with Gasteiger partial charge in [-0.1, -0.05) is 18.2 Å². The van der Waals surface area contributed by atoms with Crippen molar-refractivity contribution in [3.05, 3.63) is 64.5 Å². The molecule has 4 aliphatic rings. The Morgan fingerprint density at radius 3 is 1.89 bits per heavy atom. The number of fused-ring (bicyclic) bond motifs is 1. The first-order chi connectivity index (χ1) is 31.5. The highest BCUT2D eigenvalue weighted by Gasteiger charge is 2.47. The molecule has 354 valence electrons. The number of rotatable bonds is 14. The number of carbonyl (C=O) groups is 7. The third-order valence-corrected chi connectivity index (χ3v) is 12.3. The van der Waals surface area contributed by atoms with Gasteiger partial charge in [0, 0.05) is 114 Å². The fraction of sp³-hybridized carbons (Fsp3) is 0.523. The van der Waals surface area contributed by atoms with Crippen molar-refractivity contribution in [3.8, 4) is 6.07 Å². The van der Waals surface area contributed by atoms with Crippen LogP contribution in [0.5, 0.6) is 0 Å². The summed E-state index contributed by atoms with van der Waals surface area (Å²) in [6.07, 6.45) is 6.60. The summed E-state index contributed by atoms with van der Waals surface area (Å²) in [6, 6.07) is 7.16. The van der Waals surface area contributed by atoms with Crippen molar-refractivity contribution in [2.24, 2.45) is 0 Å². The highest BCUT2D eigenvalue weighted by atomic mass is 19.3. The second-order valence-corrected chi connectivity index (χ2v) is 17.0. The zero-order valence-corrected chi connectivity index (χ0v) is 36.4. The number of hydrogen-bond donors (Lipinski definition) is 4. The summed E-state index contributed by atoms with van der Waals surface area (Å²) in [5.74, 6) is -7.99. The maximum absolute atomic E-state index is 13.9. The maximum atomic E-state index is 13.9. The SMILES string of the molecule is N#C[C@@H]1CC(F)(F)CN1C(=O)CNC(=O)c1ccncc1/C=C/c1ccc2c(c1)CN(C1CCN(C(=O)CN3CCN(CC(=O)O)CCN(CC(=O)O)CCN(CC(=O)O)CC3)CC1)C2=O. The Hall–Kier alpha value is -6.41. The number of pyridine rings is 1. The molecule has 0 aliphatic carbocycles. The molecule has 4 amide bonds. The lowest BCUT2D eigenvalue weighted by Gasteiger charge is -2.38. The van der Waals surface area contributed by atoms with E-state index >= 15 is 0 Å². The van der Waals surface area contributed by atoms with Crippen LogP contribution in [0, 0.1) is 11.3 Å². The van der Waals surface area contributed by atoms with Crippen LogP contribution in [0.1, 0.15) is 56.7 Å². The molecule has 3 fully saturated rings. The number of aromatic nitrogens is 1. The van der Waals surface area contributed by atoms with Crippen LogP contribution in [0.3, 0.4) is 0 Å². The summed E-state index contributed by atoms with van der Waals surface area (Å²) in [4.78, 5) is 103. The van der Waals surface area contributed by atoms with Crippen LogP contribution in [0.15, 0.2) is 36.7 Å². The van der Waals surface area contributed by atoms with Gasteiger partial charge in [0.05, 0.1) is 45.3 Å². The standard InChI is InChI=1S/C44H54F2N10O10/c45-44(46)20-34(21-47)56(29-44)37(57)23-49-42(65)35-5-8-48-22-31(35)3-1-30-2-4-36-32(19-30)24-55(43(36)66)33-6-9-54(10-7-33)38(58)25-50-11-13-51(26-39(59)60)15-17-53(28-41(63)64)18-16-52(14-12-50)27-40(61)62/h1-5,8,19,22,33-34H,6-7,9-18,20,23-29H2,(H,49,65)(H,59,60)(H,61,62)(H,63,64)/b3-1+/t34-/m0/s1. The summed E-state index contributed by atoms with van der Waals surface area (Å²) >= 11 is 0. The van der Waals surface area contributed by atoms with Crippen molar-refractivity contribution >= 4 is 53.7 Å². The molecule has 1 aromatic heterocycles. The summed E-state index contributed by atoms with van der Waals surface area (Å²) in [5.41, 5.74) is 2.71. The first kappa shape index (κ1) is 49.0. The number of nitrogens with zero attached hydrogens (tertiary/aromatic N) is 9. The van der Waals surface area contributed by atoms with Crippen LogP contribution in [0.4, 0.5) is 8.78 Å². The summed E-state index contributed by atoms with van der Waals surface area (Å²) in [7, 11) is 0. The van der Waals surface area contributed by atoms with Crippen LogP contribution in [0.25, 0.3) is 12.2 Å². The number of nitrogens with one attached hydrogen (secondary N) is 1. The molecule has 0 spiro atoms. The normalized spacial score (nSPS) is 20.7. The lowest BCUT2D eigenvalue weighted by molar-refractivity contribution is -0.141. The number of amides is 4. The van der Waals surface area contributed by atoms with Gasteiger partial charge in [-0.25, -0.2) is 8.78 Å². The lowest BCUT2D eigenvalue weighted by atomic mass is 10.0. The molecule has 66 heavy (non-hydrogen) atoms. The molecule has 3 saturated heterocycles. The second kappa shape index (κ2) is 22.2. The van der Waals surface area contributed by atoms with Crippen LogP contribution in [-0.2, 0) is 30.5 Å². The van der Waals surface area contributed by atoms with Crippen molar-refractivity contribution in [2.75, 3.05) is 105 Å². The number of likely N-dealkylation sites (tertiary alicyclic amines) is 2. The number of benzene rings is 1. The van der Waals surface area contributed by atoms with Crippen molar-refractivity contribution in [1.29, 1.82) is 5.26 Å². The smallest absolute Gasteiger partial charge is 0.317 e. The Labute approximate surface area is 379 Å². The second-order valence-electron chi connectivity index (χ2n) is 17.0. The third kappa shape index (κ3) is 13.3. The zero-order chi connectivity index (χ0) is 47.5. The number of carboxylic acid groups (broad SMARTS) is 3. The van der Waals surface area contributed by atoms with E-state index in [1.165, 1.54) is 18.5 Å². The summed E-state index contributed by atoms with van der Waals surface area (Å²) in [5, 5.41) is 40.2. The van der Waals surface area contributed by atoms with Gasteiger partial charge in [0.25, 0.3) is 17.7 Å². The van der Waals surface area contributed by atoms with E-state index in [0.29, 0.717) is 69.8 Å². The van der Waals surface area contributed by atoms with Crippen LogP contribution in [-0.4, -0.2) is 219 Å². The van der Waals surface area contributed by atoms with E-state index in [2.05, 4.69) is 10.3 Å². The molecule has 22 heteroatoms. The molecule has 1 atom stereocenters. The van der Waals surface area contributed by atoms with Crippen LogP contribution >= 0.6 is 0 Å². The first-order valence-electron chi connectivity index (χ1n) is 21.7. The number of carboxylic acids is 3. The van der Waals surface area contributed by atoms with Gasteiger partial charge in [-0.15, -0.1) is 0 Å². The minimum absolute atomic E-state index is 0.0269. The monoisotopic (exact) mass is 920 g/mol. The minimum Gasteiger partial charge on any atom is -0.480 e. The Kier molecular flexibility index (Phi) is 16.5. The molecule has 6 rings (SSSR count). The summed E-state index contributed by atoms with van der Waals surface area (Å²) < 4.78 is 27.7. The third-order valence-electron chi connectivity index (χ3n) is 12.3. The molecule has 5 heterocycles. The Morgan fingerprint density at radius 2 is 1.35 bits per heavy atom. The zero-order valence-electron chi connectivity index (χ0n) is 36.4. The molecule has 0 saturated carbocycles. The number of alkyl halides is 2. The average molecular weight is 921 g/mol. The molecule has 4 aliphatic heterocycles. The van der Waals surface area contributed by atoms with Gasteiger partial charge in [-0.2, -0.15) is 5.26 Å². The van der Waals surface area contributed by atoms with Crippen molar-refractivity contribution in [1.82, 2.24) is 44.6 Å². The molecular weight excluding hydrogens is 867 g/mol. The van der Waals surface area contributed by atoms with Gasteiger partial charge in [-0.05, 0) is 42.2 Å². The van der Waals surface area contributed by atoms with Gasteiger partial charge < -0.3 is 35.3 Å². The molecule has 0 bridgehead atoms. The molecular formula is C44H54F2N10O10. The largest absolute Gasteiger partial charge is 0.480 e. The molecule has 0 radical (unpaired) electrons. The highest BCUT2D eigenvalue weighted by Crippen LogP contribution is 2.32. The topological polar surface area (TPSA) is 252 Å². The van der Waals surface area contributed by atoms with E-state index in [4.69, 9.17) is 0 Å². The molecule has 4 N–H and O–H groups in total. The number of nitriles is 1.